The number of rotatable bonds is 5. The maximum atomic E-state index is 11.8. The fraction of sp³-hybridized carbons (Fsp3) is 0.385. The molecule has 0 bridgehead atoms. The third kappa shape index (κ3) is 4.27. The third-order valence-corrected chi connectivity index (χ3v) is 2.83. The van der Waals surface area contributed by atoms with Gasteiger partial charge < -0.3 is 9.64 Å². The van der Waals surface area contributed by atoms with Crippen molar-refractivity contribution < 1.29 is 9.53 Å². The second kappa shape index (κ2) is 6.87. The molecule has 0 fully saturated rings. The lowest BCUT2D eigenvalue weighted by atomic mass is 10.2. The SMILES string of the molecule is CC(CC#N)N(C)C(=O)COc1cccc(Cl)c1. The molecule has 1 rings (SSSR count). The van der Waals surface area contributed by atoms with Crippen molar-refractivity contribution in [2.24, 2.45) is 0 Å². The molecule has 4 nitrogen and oxygen atoms in total. The van der Waals surface area contributed by atoms with Crippen molar-refractivity contribution in [3.8, 4) is 11.8 Å². The Labute approximate surface area is 112 Å². The first kappa shape index (κ1) is 14.3. The number of benzene rings is 1. The fourth-order valence-electron chi connectivity index (χ4n) is 1.32. The summed E-state index contributed by atoms with van der Waals surface area (Å²) in [7, 11) is 1.66. The normalized spacial score (nSPS) is 11.4. The summed E-state index contributed by atoms with van der Waals surface area (Å²) >= 11 is 5.80. The molecule has 0 N–H and O–H groups in total. The number of carbonyl (C=O) groups is 1. The van der Waals surface area contributed by atoms with Crippen molar-refractivity contribution in [2.75, 3.05) is 13.7 Å². The van der Waals surface area contributed by atoms with E-state index in [0.29, 0.717) is 17.2 Å². The third-order valence-electron chi connectivity index (χ3n) is 2.60. The number of amides is 1. The number of nitriles is 1. The zero-order chi connectivity index (χ0) is 13.5. The molecule has 0 radical (unpaired) electrons. The molecule has 0 aliphatic rings. The summed E-state index contributed by atoms with van der Waals surface area (Å²) in [6, 6.07) is 8.78. The van der Waals surface area contributed by atoms with Crippen LogP contribution in [0.1, 0.15) is 13.3 Å². The van der Waals surface area contributed by atoms with E-state index < -0.39 is 0 Å². The number of carbonyl (C=O) groups excluding carboxylic acids is 1. The van der Waals surface area contributed by atoms with Crippen molar-refractivity contribution in [1.82, 2.24) is 4.90 Å². The molecular formula is C13H15ClN2O2. The van der Waals surface area contributed by atoms with Crippen molar-refractivity contribution in [2.45, 2.75) is 19.4 Å². The molecule has 0 saturated carbocycles. The molecule has 1 amide bonds. The highest BCUT2D eigenvalue weighted by Gasteiger charge is 2.15. The zero-order valence-electron chi connectivity index (χ0n) is 10.4. The molecular weight excluding hydrogens is 252 g/mol. The van der Waals surface area contributed by atoms with Crippen LogP contribution in [0.4, 0.5) is 0 Å². The Hall–Kier alpha value is -1.73. The average Bonchev–Trinajstić information content (AvgIpc) is 2.35. The van der Waals surface area contributed by atoms with Crippen LogP contribution in [0, 0.1) is 11.3 Å². The summed E-state index contributed by atoms with van der Waals surface area (Å²) in [4.78, 5) is 13.3. The average molecular weight is 267 g/mol. The van der Waals surface area contributed by atoms with Crippen molar-refractivity contribution >= 4 is 17.5 Å². The number of hydrogen-bond acceptors (Lipinski definition) is 3. The predicted octanol–water partition coefficient (Wildman–Crippen LogP) is 2.48. The highest BCUT2D eigenvalue weighted by molar-refractivity contribution is 6.30. The van der Waals surface area contributed by atoms with Crippen LogP contribution < -0.4 is 4.74 Å². The molecule has 1 aromatic carbocycles. The molecule has 0 aliphatic carbocycles. The van der Waals surface area contributed by atoms with Crippen LogP contribution in [0.5, 0.6) is 5.75 Å². The second-order valence-electron chi connectivity index (χ2n) is 3.96. The quantitative estimate of drug-likeness (QED) is 0.823. The lowest BCUT2D eigenvalue weighted by molar-refractivity contribution is -0.133. The van der Waals surface area contributed by atoms with Gasteiger partial charge in [0.25, 0.3) is 5.91 Å². The first-order chi connectivity index (χ1) is 8.54. The highest BCUT2D eigenvalue weighted by Crippen LogP contribution is 2.17. The Morgan fingerprint density at radius 1 is 1.61 bits per heavy atom. The maximum absolute atomic E-state index is 11.8. The van der Waals surface area contributed by atoms with Gasteiger partial charge in [-0.1, -0.05) is 17.7 Å². The lowest BCUT2D eigenvalue weighted by Crippen LogP contribution is -2.38. The summed E-state index contributed by atoms with van der Waals surface area (Å²) < 4.78 is 5.34. The van der Waals surface area contributed by atoms with Crippen LogP contribution in [-0.2, 0) is 4.79 Å². The Kier molecular flexibility index (Phi) is 5.47. The van der Waals surface area contributed by atoms with Crippen LogP contribution in [0.15, 0.2) is 24.3 Å². The number of likely N-dealkylation sites (N-methyl/N-ethyl adjacent to an activating group) is 1. The highest BCUT2D eigenvalue weighted by atomic mass is 35.5. The summed E-state index contributed by atoms with van der Waals surface area (Å²) in [5.41, 5.74) is 0. The topological polar surface area (TPSA) is 53.3 Å². The summed E-state index contributed by atoms with van der Waals surface area (Å²) in [6.07, 6.45) is 0.305. The Bertz CT molecular complexity index is 457. The number of nitrogens with zero attached hydrogens (tertiary/aromatic N) is 2. The molecule has 5 heteroatoms. The molecule has 0 heterocycles. The molecule has 0 aliphatic heterocycles. The van der Waals surface area contributed by atoms with E-state index in [1.54, 1.807) is 31.3 Å². The maximum Gasteiger partial charge on any atom is 0.260 e. The molecule has 1 aromatic rings. The van der Waals surface area contributed by atoms with E-state index in [9.17, 15) is 4.79 Å². The Morgan fingerprint density at radius 2 is 2.33 bits per heavy atom. The van der Waals surface area contributed by atoms with Gasteiger partial charge in [-0.05, 0) is 25.1 Å². The molecule has 0 aromatic heterocycles. The predicted molar refractivity (Wildman–Crippen MR) is 69.4 cm³/mol. The van der Waals surface area contributed by atoms with E-state index >= 15 is 0 Å². The van der Waals surface area contributed by atoms with Gasteiger partial charge in [-0.3, -0.25) is 4.79 Å². The van der Waals surface area contributed by atoms with Crippen molar-refractivity contribution in [1.29, 1.82) is 5.26 Å². The van der Waals surface area contributed by atoms with E-state index in [4.69, 9.17) is 21.6 Å². The van der Waals surface area contributed by atoms with Gasteiger partial charge in [-0.25, -0.2) is 0 Å². The van der Waals surface area contributed by atoms with E-state index in [1.807, 2.05) is 13.0 Å². The molecule has 18 heavy (non-hydrogen) atoms. The largest absolute Gasteiger partial charge is 0.484 e. The smallest absolute Gasteiger partial charge is 0.260 e. The van der Waals surface area contributed by atoms with Gasteiger partial charge in [0, 0.05) is 18.1 Å². The molecule has 96 valence electrons. The van der Waals surface area contributed by atoms with Crippen molar-refractivity contribution in [3.63, 3.8) is 0 Å². The standard InChI is InChI=1S/C13H15ClN2O2/c1-10(6-7-15)16(2)13(17)9-18-12-5-3-4-11(14)8-12/h3-5,8,10H,6,9H2,1-2H3. The number of ether oxygens (including phenoxy) is 1. The first-order valence-corrected chi connectivity index (χ1v) is 5.93. The number of hydrogen-bond donors (Lipinski definition) is 0. The van der Waals surface area contributed by atoms with Crippen LogP contribution in [0.3, 0.4) is 0 Å². The van der Waals surface area contributed by atoms with Gasteiger partial charge in [0.05, 0.1) is 12.5 Å². The first-order valence-electron chi connectivity index (χ1n) is 5.55. The van der Waals surface area contributed by atoms with Gasteiger partial charge in [-0.2, -0.15) is 5.26 Å². The van der Waals surface area contributed by atoms with Crippen LogP contribution >= 0.6 is 11.6 Å². The second-order valence-corrected chi connectivity index (χ2v) is 4.40. The minimum absolute atomic E-state index is 0.0629. The zero-order valence-corrected chi connectivity index (χ0v) is 11.1. The minimum atomic E-state index is -0.169. The molecule has 1 unspecified atom stereocenters. The van der Waals surface area contributed by atoms with E-state index in [2.05, 4.69) is 0 Å². The van der Waals surface area contributed by atoms with Gasteiger partial charge in [-0.15, -0.1) is 0 Å². The Balaban J connectivity index is 2.49. The van der Waals surface area contributed by atoms with Crippen LogP contribution in [0.2, 0.25) is 5.02 Å². The molecule has 0 saturated heterocycles. The molecule has 0 spiro atoms. The van der Waals surface area contributed by atoms with Crippen LogP contribution in [-0.4, -0.2) is 30.5 Å². The number of halogens is 1. The Morgan fingerprint density at radius 3 is 2.94 bits per heavy atom. The van der Waals surface area contributed by atoms with E-state index in [0.717, 1.165) is 0 Å². The summed E-state index contributed by atoms with van der Waals surface area (Å²) in [5, 5.41) is 9.13. The van der Waals surface area contributed by atoms with Gasteiger partial charge in [0.1, 0.15) is 5.75 Å². The van der Waals surface area contributed by atoms with E-state index in [-0.39, 0.29) is 18.6 Å². The monoisotopic (exact) mass is 266 g/mol. The fourth-order valence-corrected chi connectivity index (χ4v) is 1.50. The minimum Gasteiger partial charge on any atom is -0.484 e. The summed E-state index contributed by atoms with van der Waals surface area (Å²) in [5.74, 6) is 0.384. The van der Waals surface area contributed by atoms with E-state index in [1.165, 1.54) is 4.90 Å². The van der Waals surface area contributed by atoms with Crippen LogP contribution in [0.25, 0.3) is 0 Å². The lowest BCUT2D eigenvalue weighted by Gasteiger charge is -2.22. The van der Waals surface area contributed by atoms with Gasteiger partial charge in [0.15, 0.2) is 6.61 Å². The van der Waals surface area contributed by atoms with Crippen molar-refractivity contribution in [3.05, 3.63) is 29.3 Å². The molecule has 1 atom stereocenters. The summed E-state index contributed by atoms with van der Waals surface area (Å²) in [6.45, 7) is 1.76. The van der Waals surface area contributed by atoms with Gasteiger partial charge in [0.2, 0.25) is 0 Å². The van der Waals surface area contributed by atoms with Gasteiger partial charge >= 0.3 is 0 Å².